The highest BCUT2D eigenvalue weighted by Crippen LogP contribution is 2.11. The average Bonchev–Trinajstić information content (AvgIpc) is 2.42. The monoisotopic (exact) mass is 271 g/mol. The number of hydrogen-bond donors (Lipinski definition) is 3. The van der Waals surface area contributed by atoms with Gasteiger partial charge in [0.25, 0.3) is 0 Å². The van der Waals surface area contributed by atoms with Crippen molar-refractivity contribution in [2.75, 3.05) is 26.3 Å². The average molecular weight is 271 g/mol. The summed E-state index contributed by atoms with van der Waals surface area (Å²) >= 11 is 0. The van der Waals surface area contributed by atoms with E-state index in [1.54, 1.807) is 0 Å². The van der Waals surface area contributed by atoms with Crippen molar-refractivity contribution < 1.29 is 14.3 Å². The Kier molecular flexibility index (Phi) is 6.80. The fourth-order valence-electron chi connectivity index (χ4n) is 1.88. The molecule has 2 atom stereocenters. The molecule has 6 nitrogen and oxygen atoms in total. The van der Waals surface area contributed by atoms with Gasteiger partial charge in [-0.2, -0.15) is 0 Å². The number of carbonyl (C=O) groups excluding carboxylic acids is 2. The van der Waals surface area contributed by atoms with E-state index in [1.807, 2.05) is 13.8 Å². The Labute approximate surface area is 114 Å². The van der Waals surface area contributed by atoms with Gasteiger partial charge in [0.1, 0.15) is 0 Å². The lowest BCUT2D eigenvalue weighted by Gasteiger charge is -2.22. The van der Waals surface area contributed by atoms with Crippen molar-refractivity contribution in [2.45, 2.75) is 32.7 Å². The smallest absolute Gasteiger partial charge is 0.239 e. The Morgan fingerprint density at radius 1 is 1.37 bits per heavy atom. The van der Waals surface area contributed by atoms with Crippen molar-refractivity contribution >= 4 is 11.8 Å². The van der Waals surface area contributed by atoms with Crippen LogP contribution in [0.1, 0.15) is 26.7 Å². The van der Waals surface area contributed by atoms with Gasteiger partial charge in [-0.25, -0.2) is 0 Å². The number of rotatable bonds is 6. The second-order valence-electron chi connectivity index (χ2n) is 5.37. The molecule has 6 heteroatoms. The van der Waals surface area contributed by atoms with Crippen molar-refractivity contribution in [2.24, 2.45) is 17.6 Å². The topological polar surface area (TPSA) is 93.5 Å². The number of nitrogens with two attached hydrogens (primary N) is 1. The van der Waals surface area contributed by atoms with Crippen molar-refractivity contribution in [3.05, 3.63) is 0 Å². The molecule has 110 valence electrons. The quantitative estimate of drug-likeness (QED) is 0.614. The molecule has 0 saturated carbocycles. The molecular formula is C13H25N3O3. The first-order chi connectivity index (χ1) is 9.00. The molecule has 0 spiro atoms. The maximum atomic E-state index is 11.6. The summed E-state index contributed by atoms with van der Waals surface area (Å²) in [5, 5.41) is 5.35. The third-order valence-electron chi connectivity index (χ3n) is 3.29. The van der Waals surface area contributed by atoms with Gasteiger partial charge in [0, 0.05) is 13.2 Å². The Bertz CT molecular complexity index is 302. The van der Waals surface area contributed by atoms with Gasteiger partial charge >= 0.3 is 0 Å². The molecule has 19 heavy (non-hydrogen) atoms. The van der Waals surface area contributed by atoms with E-state index in [0.717, 1.165) is 19.4 Å². The Balaban J connectivity index is 2.15. The number of nitrogens with one attached hydrogen (secondary N) is 2. The minimum Gasteiger partial charge on any atom is -0.381 e. The molecule has 1 aliphatic rings. The zero-order valence-corrected chi connectivity index (χ0v) is 11.8. The summed E-state index contributed by atoms with van der Waals surface area (Å²) < 4.78 is 5.33. The predicted octanol–water partition coefficient (Wildman–Crippen LogP) is -0.371. The summed E-state index contributed by atoms with van der Waals surface area (Å²) in [6, 6.07) is -0.570. The lowest BCUT2D eigenvalue weighted by atomic mass is 10.0. The van der Waals surface area contributed by atoms with E-state index >= 15 is 0 Å². The summed E-state index contributed by atoms with van der Waals surface area (Å²) in [7, 11) is 0. The SMILES string of the molecule is CC(C)[C@H](N)C(=O)NCC(=O)NCC1CCCOC1. The van der Waals surface area contributed by atoms with Gasteiger partial charge in [0.15, 0.2) is 0 Å². The van der Waals surface area contributed by atoms with Crippen LogP contribution in [0, 0.1) is 11.8 Å². The summed E-state index contributed by atoms with van der Waals surface area (Å²) in [4.78, 5) is 23.1. The number of amides is 2. The van der Waals surface area contributed by atoms with Crippen LogP contribution in [0.3, 0.4) is 0 Å². The van der Waals surface area contributed by atoms with Gasteiger partial charge in [-0.15, -0.1) is 0 Å². The van der Waals surface area contributed by atoms with Crippen LogP contribution >= 0.6 is 0 Å². The molecule has 1 unspecified atom stereocenters. The molecule has 4 N–H and O–H groups in total. The van der Waals surface area contributed by atoms with Crippen LogP contribution in [0.15, 0.2) is 0 Å². The molecule has 0 aliphatic carbocycles. The summed E-state index contributed by atoms with van der Waals surface area (Å²) in [5.41, 5.74) is 5.68. The number of ether oxygens (including phenoxy) is 1. The lowest BCUT2D eigenvalue weighted by Crippen LogP contribution is -2.47. The van der Waals surface area contributed by atoms with Gasteiger partial charge in [-0.1, -0.05) is 13.8 Å². The third-order valence-corrected chi connectivity index (χ3v) is 3.29. The summed E-state index contributed by atoms with van der Waals surface area (Å²) in [6.45, 7) is 5.83. The molecule has 0 bridgehead atoms. The summed E-state index contributed by atoms with van der Waals surface area (Å²) in [6.07, 6.45) is 2.12. The van der Waals surface area contributed by atoms with E-state index in [-0.39, 0.29) is 24.3 Å². The third kappa shape index (κ3) is 6.02. The van der Waals surface area contributed by atoms with Crippen LogP contribution in [-0.2, 0) is 14.3 Å². The molecule has 0 aromatic heterocycles. The van der Waals surface area contributed by atoms with E-state index in [2.05, 4.69) is 10.6 Å². The molecule has 0 aromatic carbocycles. The molecule has 1 fully saturated rings. The van der Waals surface area contributed by atoms with E-state index < -0.39 is 6.04 Å². The van der Waals surface area contributed by atoms with Crippen LogP contribution < -0.4 is 16.4 Å². The normalized spacial score (nSPS) is 20.9. The predicted molar refractivity (Wildman–Crippen MR) is 72.4 cm³/mol. The van der Waals surface area contributed by atoms with Gasteiger partial charge in [0.2, 0.25) is 11.8 Å². The van der Waals surface area contributed by atoms with Gasteiger partial charge < -0.3 is 21.1 Å². The number of hydrogen-bond acceptors (Lipinski definition) is 4. The highest BCUT2D eigenvalue weighted by atomic mass is 16.5. The molecule has 1 heterocycles. The molecule has 1 aliphatic heterocycles. The fraction of sp³-hybridized carbons (Fsp3) is 0.846. The Morgan fingerprint density at radius 3 is 2.68 bits per heavy atom. The zero-order valence-electron chi connectivity index (χ0n) is 11.8. The first-order valence-electron chi connectivity index (χ1n) is 6.88. The molecular weight excluding hydrogens is 246 g/mol. The van der Waals surface area contributed by atoms with Crippen LogP contribution in [0.2, 0.25) is 0 Å². The van der Waals surface area contributed by atoms with E-state index in [1.165, 1.54) is 0 Å². The Morgan fingerprint density at radius 2 is 2.11 bits per heavy atom. The van der Waals surface area contributed by atoms with Gasteiger partial charge in [-0.05, 0) is 24.7 Å². The largest absolute Gasteiger partial charge is 0.381 e. The van der Waals surface area contributed by atoms with Crippen LogP contribution in [0.4, 0.5) is 0 Å². The van der Waals surface area contributed by atoms with Crippen LogP contribution in [-0.4, -0.2) is 44.2 Å². The lowest BCUT2D eigenvalue weighted by molar-refractivity contribution is -0.127. The van der Waals surface area contributed by atoms with E-state index in [0.29, 0.717) is 19.1 Å². The van der Waals surface area contributed by atoms with Gasteiger partial charge in [-0.3, -0.25) is 9.59 Å². The maximum absolute atomic E-state index is 11.6. The van der Waals surface area contributed by atoms with E-state index in [4.69, 9.17) is 10.5 Å². The van der Waals surface area contributed by atoms with Crippen LogP contribution in [0.5, 0.6) is 0 Å². The maximum Gasteiger partial charge on any atom is 0.239 e. The summed E-state index contributed by atoms with van der Waals surface area (Å²) in [5.74, 6) is -0.0326. The second kappa shape index (κ2) is 8.12. The minimum atomic E-state index is -0.570. The van der Waals surface area contributed by atoms with E-state index in [9.17, 15) is 9.59 Å². The van der Waals surface area contributed by atoms with Crippen molar-refractivity contribution in [3.63, 3.8) is 0 Å². The van der Waals surface area contributed by atoms with Crippen LogP contribution in [0.25, 0.3) is 0 Å². The van der Waals surface area contributed by atoms with Crippen molar-refractivity contribution in [1.82, 2.24) is 10.6 Å². The molecule has 2 amide bonds. The second-order valence-corrected chi connectivity index (χ2v) is 5.37. The highest BCUT2D eigenvalue weighted by molar-refractivity contribution is 5.87. The highest BCUT2D eigenvalue weighted by Gasteiger charge is 2.18. The molecule has 0 aromatic rings. The van der Waals surface area contributed by atoms with Gasteiger partial charge in [0.05, 0.1) is 19.2 Å². The first-order valence-corrected chi connectivity index (χ1v) is 6.88. The van der Waals surface area contributed by atoms with Crippen molar-refractivity contribution in [1.29, 1.82) is 0 Å². The molecule has 0 radical (unpaired) electrons. The minimum absolute atomic E-state index is 0.0210. The first kappa shape index (κ1) is 15.9. The van der Waals surface area contributed by atoms with Crippen molar-refractivity contribution in [3.8, 4) is 0 Å². The Hall–Kier alpha value is -1.14. The standard InChI is InChI=1S/C13H25N3O3/c1-9(2)12(14)13(18)16-7-11(17)15-6-10-4-3-5-19-8-10/h9-10,12H,3-8,14H2,1-2H3,(H,15,17)(H,16,18)/t10?,12-/m0/s1. The molecule has 1 rings (SSSR count). The zero-order chi connectivity index (χ0) is 14.3. The number of carbonyl (C=O) groups is 2. The molecule has 1 saturated heterocycles. The fourth-order valence-corrected chi connectivity index (χ4v) is 1.88.